The highest BCUT2D eigenvalue weighted by molar-refractivity contribution is 5.79. The molecule has 98 valence electrons. The molecule has 7 heteroatoms. The maximum absolute atomic E-state index is 11.0. The van der Waals surface area contributed by atoms with E-state index in [0.717, 1.165) is 6.07 Å². The van der Waals surface area contributed by atoms with Gasteiger partial charge in [0.05, 0.1) is 15.4 Å². The molecule has 0 aromatic heterocycles. The van der Waals surface area contributed by atoms with E-state index in [1.165, 1.54) is 12.1 Å². The summed E-state index contributed by atoms with van der Waals surface area (Å²) < 4.78 is 0. The fraction of sp³-hybridized carbons (Fsp3) is 0. The van der Waals surface area contributed by atoms with Crippen molar-refractivity contribution in [3.63, 3.8) is 0 Å². The molecule has 0 fully saturated rings. The van der Waals surface area contributed by atoms with Crippen LogP contribution >= 0.6 is 0 Å². The van der Waals surface area contributed by atoms with Crippen molar-refractivity contribution >= 4 is 11.4 Å². The van der Waals surface area contributed by atoms with Crippen molar-refractivity contribution in [1.29, 1.82) is 0 Å². The molecular weight excluding hydrogens is 250 g/mol. The minimum absolute atomic E-state index is 0. The molecule has 3 N–H and O–H groups in total. The highest BCUT2D eigenvalue weighted by Crippen LogP contribution is 2.36. The van der Waals surface area contributed by atoms with E-state index in [0.29, 0.717) is 5.56 Å². The molecule has 7 nitrogen and oxygen atoms in total. The number of nitro groups is 2. The van der Waals surface area contributed by atoms with Crippen LogP contribution in [0.15, 0.2) is 48.5 Å². The van der Waals surface area contributed by atoms with Gasteiger partial charge in [-0.25, -0.2) is 0 Å². The lowest BCUT2D eigenvalue weighted by atomic mass is 10.0. The summed E-state index contributed by atoms with van der Waals surface area (Å²) in [6, 6.07) is 12.6. The lowest BCUT2D eigenvalue weighted by Gasteiger charge is -2.03. The van der Waals surface area contributed by atoms with Gasteiger partial charge in [0.25, 0.3) is 0 Å². The Bertz CT molecular complexity index is 614. The third kappa shape index (κ3) is 2.72. The second-order valence-corrected chi connectivity index (χ2v) is 3.55. The zero-order valence-electron chi connectivity index (χ0n) is 9.85. The fourth-order valence-corrected chi connectivity index (χ4v) is 1.72. The minimum atomic E-state index is -0.745. The van der Waals surface area contributed by atoms with Crippen molar-refractivity contribution in [3.05, 3.63) is 68.8 Å². The van der Waals surface area contributed by atoms with Gasteiger partial charge in [-0.1, -0.05) is 36.4 Å². The Morgan fingerprint density at radius 2 is 1.42 bits per heavy atom. The first-order valence-corrected chi connectivity index (χ1v) is 5.08. The van der Waals surface area contributed by atoms with Crippen LogP contribution in [0, 0.1) is 20.2 Å². The monoisotopic (exact) mass is 261 g/mol. The largest absolute Gasteiger partial charge is 0.353 e. The molecule has 2 aromatic rings. The first-order valence-electron chi connectivity index (χ1n) is 5.08. The molecule has 19 heavy (non-hydrogen) atoms. The zero-order valence-corrected chi connectivity index (χ0v) is 9.85. The molecule has 0 saturated carbocycles. The molecule has 0 atom stereocenters. The second kappa shape index (κ2) is 5.69. The SMILES string of the molecule is N.O=[N+]([O-])c1cccc(-c2ccccc2)c1[N+](=O)[O-]. The van der Waals surface area contributed by atoms with Gasteiger partial charge in [0.15, 0.2) is 0 Å². The van der Waals surface area contributed by atoms with Crippen molar-refractivity contribution < 1.29 is 9.85 Å². The van der Waals surface area contributed by atoms with Crippen LogP contribution in [0.25, 0.3) is 11.1 Å². The lowest BCUT2D eigenvalue weighted by molar-refractivity contribution is -0.422. The number of rotatable bonds is 3. The summed E-state index contributed by atoms with van der Waals surface area (Å²) in [6.07, 6.45) is 0. The van der Waals surface area contributed by atoms with Crippen molar-refractivity contribution in [2.24, 2.45) is 0 Å². The van der Waals surface area contributed by atoms with Crippen LogP contribution in [0.3, 0.4) is 0 Å². The molecule has 0 aliphatic heterocycles. The molecule has 0 spiro atoms. The maximum Gasteiger partial charge on any atom is 0.353 e. The van der Waals surface area contributed by atoms with Crippen molar-refractivity contribution in [2.75, 3.05) is 0 Å². The minimum Gasteiger partial charge on any atom is -0.344 e. The van der Waals surface area contributed by atoms with E-state index in [9.17, 15) is 20.2 Å². The number of benzene rings is 2. The molecule has 0 unspecified atom stereocenters. The quantitative estimate of drug-likeness (QED) is 0.670. The van der Waals surface area contributed by atoms with E-state index in [1.807, 2.05) is 0 Å². The number of hydrogen-bond donors (Lipinski definition) is 1. The summed E-state index contributed by atoms with van der Waals surface area (Å²) in [4.78, 5) is 20.4. The molecule has 0 radical (unpaired) electrons. The summed E-state index contributed by atoms with van der Waals surface area (Å²) in [5.74, 6) is 0. The maximum atomic E-state index is 11.0. The summed E-state index contributed by atoms with van der Waals surface area (Å²) in [6.45, 7) is 0. The summed E-state index contributed by atoms with van der Waals surface area (Å²) in [5, 5.41) is 21.8. The molecule has 0 aliphatic rings. The predicted octanol–water partition coefficient (Wildman–Crippen LogP) is 3.33. The van der Waals surface area contributed by atoms with Gasteiger partial charge in [-0.2, -0.15) is 0 Å². The molecule has 0 heterocycles. The third-order valence-electron chi connectivity index (χ3n) is 2.48. The molecular formula is C12H11N3O4. The molecule has 0 amide bonds. The van der Waals surface area contributed by atoms with Crippen LogP contribution in [-0.4, -0.2) is 9.85 Å². The van der Waals surface area contributed by atoms with Gasteiger partial charge >= 0.3 is 11.4 Å². The van der Waals surface area contributed by atoms with E-state index in [2.05, 4.69) is 0 Å². The van der Waals surface area contributed by atoms with Crippen molar-refractivity contribution in [2.45, 2.75) is 0 Å². The first-order chi connectivity index (χ1) is 8.61. The van der Waals surface area contributed by atoms with Crippen molar-refractivity contribution in [1.82, 2.24) is 6.15 Å². The highest BCUT2D eigenvalue weighted by Gasteiger charge is 2.28. The number of nitrogens with zero attached hydrogens (tertiary/aromatic N) is 2. The number of nitro benzene ring substituents is 2. The fourth-order valence-electron chi connectivity index (χ4n) is 1.72. The predicted molar refractivity (Wildman–Crippen MR) is 70.2 cm³/mol. The van der Waals surface area contributed by atoms with Crippen LogP contribution in [0.5, 0.6) is 0 Å². The normalized spacial score (nSPS) is 9.47. The third-order valence-corrected chi connectivity index (χ3v) is 2.48. The van der Waals surface area contributed by atoms with E-state index in [1.54, 1.807) is 30.3 Å². The van der Waals surface area contributed by atoms with Gasteiger partial charge in [-0.15, -0.1) is 0 Å². The average Bonchev–Trinajstić information content (AvgIpc) is 2.38. The lowest BCUT2D eigenvalue weighted by Crippen LogP contribution is -1.98. The zero-order chi connectivity index (χ0) is 13.1. The molecule has 0 bridgehead atoms. The van der Waals surface area contributed by atoms with Gasteiger partial charge in [0, 0.05) is 6.07 Å². The van der Waals surface area contributed by atoms with Gasteiger partial charge in [-0.05, 0) is 11.6 Å². The highest BCUT2D eigenvalue weighted by atomic mass is 16.6. The average molecular weight is 261 g/mol. The Morgan fingerprint density at radius 3 is 1.95 bits per heavy atom. The van der Waals surface area contributed by atoms with E-state index < -0.39 is 21.2 Å². The Balaban J connectivity index is 0.00000180. The van der Waals surface area contributed by atoms with Crippen LogP contribution in [-0.2, 0) is 0 Å². The van der Waals surface area contributed by atoms with Crippen LogP contribution in [0.4, 0.5) is 11.4 Å². The standard InChI is InChI=1S/C12H8N2O4.H3N/c15-13(16)11-8-4-7-10(12(11)14(17)18)9-5-2-1-3-6-9;/h1-8H;1H3. The summed E-state index contributed by atoms with van der Waals surface area (Å²) in [7, 11) is 0. The summed E-state index contributed by atoms with van der Waals surface area (Å²) >= 11 is 0. The Kier molecular flexibility index (Phi) is 4.27. The van der Waals surface area contributed by atoms with Crippen molar-refractivity contribution in [3.8, 4) is 11.1 Å². The smallest absolute Gasteiger partial charge is 0.344 e. The second-order valence-electron chi connectivity index (χ2n) is 3.55. The van der Waals surface area contributed by atoms with Gasteiger partial charge in [0.1, 0.15) is 0 Å². The molecule has 0 saturated heterocycles. The molecule has 2 aromatic carbocycles. The van der Waals surface area contributed by atoms with E-state index >= 15 is 0 Å². The number of hydrogen-bond acceptors (Lipinski definition) is 5. The van der Waals surface area contributed by atoms with Crippen LogP contribution in [0.2, 0.25) is 0 Å². The Labute approximate surface area is 108 Å². The van der Waals surface area contributed by atoms with Crippen LogP contribution in [0.1, 0.15) is 0 Å². The van der Waals surface area contributed by atoms with Gasteiger partial charge in [0.2, 0.25) is 0 Å². The number of para-hydroxylation sites is 1. The Hall–Kier alpha value is -2.80. The van der Waals surface area contributed by atoms with Gasteiger partial charge in [-0.3, -0.25) is 20.2 Å². The van der Waals surface area contributed by atoms with Crippen LogP contribution < -0.4 is 6.15 Å². The Morgan fingerprint density at radius 1 is 0.789 bits per heavy atom. The van der Waals surface area contributed by atoms with Gasteiger partial charge < -0.3 is 6.15 Å². The summed E-state index contributed by atoms with van der Waals surface area (Å²) in [5.41, 5.74) is -0.155. The topological polar surface area (TPSA) is 121 Å². The molecule has 2 rings (SSSR count). The first kappa shape index (κ1) is 14.3. The van der Waals surface area contributed by atoms with E-state index in [4.69, 9.17) is 0 Å². The van der Waals surface area contributed by atoms with E-state index in [-0.39, 0.29) is 11.7 Å². The molecule has 0 aliphatic carbocycles.